The Morgan fingerprint density at radius 3 is 2.90 bits per heavy atom. The largest absolute Gasteiger partial charge is 0.398 e. The van der Waals surface area contributed by atoms with E-state index in [0.717, 1.165) is 30.4 Å². The topological polar surface area (TPSA) is 55.1 Å². The van der Waals surface area contributed by atoms with Gasteiger partial charge in [-0.1, -0.05) is 38.3 Å². The Labute approximate surface area is 121 Å². The van der Waals surface area contributed by atoms with Crippen molar-refractivity contribution in [2.45, 2.75) is 46.0 Å². The van der Waals surface area contributed by atoms with Crippen LogP contribution in [0, 0.1) is 18.8 Å². The molecule has 0 saturated heterocycles. The molecule has 1 aromatic rings. The van der Waals surface area contributed by atoms with Gasteiger partial charge in [0, 0.05) is 12.2 Å². The van der Waals surface area contributed by atoms with Crippen molar-refractivity contribution in [2.24, 2.45) is 11.8 Å². The number of hydrogen-bond acceptors (Lipinski definition) is 2. The van der Waals surface area contributed by atoms with Crippen LogP contribution < -0.4 is 11.1 Å². The van der Waals surface area contributed by atoms with Crippen LogP contribution in [0.2, 0.25) is 0 Å². The Balaban J connectivity index is 1.83. The predicted molar refractivity (Wildman–Crippen MR) is 83.7 cm³/mol. The van der Waals surface area contributed by atoms with E-state index in [9.17, 15) is 4.79 Å². The molecule has 1 aliphatic carbocycles. The Morgan fingerprint density at radius 1 is 1.40 bits per heavy atom. The molecule has 3 heteroatoms. The molecule has 3 nitrogen and oxygen atoms in total. The van der Waals surface area contributed by atoms with E-state index < -0.39 is 0 Å². The minimum Gasteiger partial charge on any atom is -0.398 e. The summed E-state index contributed by atoms with van der Waals surface area (Å²) in [4.78, 5) is 12.2. The fraction of sp³-hybridized carbons (Fsp3) is 0.588. The van der Waals surface area contributed by atoms with Crippen molar-refractivity contribution in [3.63, 3.8) is 0 Å². The highest BCUT2D eigenvalue weighted by Gasteiger charge is 2.19. The van der Waals surface area contributed by atoms with Gasteiger partial charge in [0.05, 0.1) is 5.56 Å². The highest BCUT2D eigenvalue weighted by Crippen LogP contribution is 2.30. The molecule has 0 aromatic heterocycles. The van der Waals surface area contributed by atoms with Crippen molar-refractivity contribution in [3.05, 3.63) is 29.3 Å². The first kappa shape index (κ1) is 14.9. The maximum absolute atomic E-state index is 12.2. The molecule has 2 atom stereocenters. The number of nitrogen functional groups attached to an aromatic ring is 1. The lowest BCUT2D eigenvalue weighted by Gasteiger charge is -2.26. The molecule has 1 fully saturated rings. The zero-order chi connectivity index (χ0) is 14.5. The number of carbonyl (C=O) groups excluding carboxylic acids is 1. The van der Waals surface area contributed by atoms with Crippen LogP contribution in [-0.2, 0) is 0 Å². The first-order valence-corrected chi connectivity index (χ1v) is 7.71. The SMILES string of the molecule is Cc1cccc(N)c1C(=O)NCCC1CCCC(C)C1. The first-order chi connectivity index (χ1) is 9.58. The second-order valence-electron chi connectivity index (χ2n) is 6.22. The van der Waals surface area contributed by atoms with Crippen LogP contribution in [0.1, 0.15) is 54.9 Å². The van der Waals surface area contributed by atoms with Gasteiger partial charge in [0.15, 0.2) is 0 Å². The molecule has 20 heavy (non-hydrogen) atoms. The number of benzene rings is 1. The van der Waals surface area contributed by atoms with Crippen molar-refractivity contribution >= 4 is 11.6 Å². The van der Waals surface area contributed by atoms with E-state index in [2.05, 4.69) is 12.2 Å². The summed E-state index contributed by atoms with van der Waals surface area (Å²) >= 11 is 0. The van der Waals surface area contributed by atoms with Gasteiger partial charge < -0.3 is 11.1 Å². The summed E-state index contributed by atoms with van der Waals surface area (Å²) in [6.45, 7) is 5.01. The summed E-state index contributed by atoms with van der Waals surface area (Å²) in [7, 11) is 0. The van der Waals surface area contributed by atoms with Crippen molar-refractivity contribution < 1.29 is 4.79 Å². The quantitative estimate of drug-likeness (QED) is 0.825. The van der Waals surface area contributed by atoms with E-state index in [0.29, 0.717) is 11.3 Å². The molecular formula is C17H26N2O. The Bertz CT molecular complexity index is 450. The first-order valence-electron chi connectivity index (χ1n) is 7.71. The third-order valence-electron chi connectivity index (χ3n) is 4.42. The van der Waals surface area contributed by atoms with Crippen LogP contribution in [0.25, 0.3) is 0 Å². The number of rotatable bonds is 4. The average Bonchev–Trinajstić information content (AvgIpc) is 2.38. The summed E-state index contributed by atoms with van der Waals surface area (Å²) in [6, 6.07) is 5.59. The van der Waals surface area contributed by atoms with Crippen molar-refractivity contribution in [3.8, 4) is 0 Å². The van der Waals surface area contributed by atoms with Crippen LogP contribution in [0.4, 0.5) is 5.69 Å². The van der Waals surface area contributed by atoms with Gasteiger partial charge in [0.25, 0.3) is 5.91 Å². The van der Waals surface area contributed by atoms with E-state index in [1.807, 2.05) is 19.1 Å². The molecular weight excluding hydrogens is 248 g/mol. The number of hydrogen-bond donors (Lipinski definition) is 2. The number of nitrogens with two attached hydrogens (primary N) is 1. The van der Waals surface area contributed by atoms with Crippen LogP contribution in [0.3, 0.4) is 0 Å². The monoisotopic (exact) mass is 274 g/mol. The second-order valence-corrected chi connectivity index (χ2v) is 6.22. The Morgan fingerprint density at radius 2 is 2.20 bits per heavy atom. The molecule has 0 radical (unpaired) electrons. The predicted octanol–water partition coefficient (Wildman–Crippen LogP) is 3.52. The van der Waals surface area contributed by atoms with Crippen LogP contribution in [0.15, 0.2) is 18.2 Å². The van der Waals surface area contributed by atoms with Crippen LogP contribution in [-0.4, -0.2) is 12.5 Å². The lowest BCUT2D eigenvalue weighted by atomic mass is 9.81. The summed E-state index contributed by atoms with van der Waals surface area (Å²) < 4.78 is 0. The fourth-order valence-corrected chi connectivity index (χ4v) is 3.30. The van der Waals surface area contributed by atoms with Gasteiger partial charge in [-0.05, 0) is 43.2 Å². The minimum absolute atomic E-state index is 0.0375. The van der Waals surface area contributed by atoms with Crippen molar-refractivity contribution in [2.75, 3.05) is 12.3 Å². The van der Waals surface area contributed by atoms with Crippen molar-refractivity contribution in [1.29, 1.82) is 0 Å². The van der Waals surface area contributed by atoms with Gasteiger partial charge in [-0.15, -0.1) is 0 Å². The molecule has 0 spiro atoms. The van der Waals surface area contributed by atoms with Gasteiger partial charge in [-0.25, -0.2) is 0 Å². The number of carbonyl (C=O) groups is 1. The zero-order valence-corrected chi connectivity index (χ0v) is 12.6. The normalized spacial score (nSPS) is 22.5. The molecule has 1 aliphatic rings. The third kappa shape index (κ3) is 3.75. The van der Waals surface area contributed by atoms with E-state index >= 15 is 0 Å². The molecule has 0 bridgehead atoms. The Hall–Kier alpha value is -1.51. The van der Waals surface area contributed by atoms with Crippen LogP contribution in [0.5, 0.6) is 0 Å². The molecule has 0 aliphatic heterocycles. The standard InChI is InChI=1S/C17H26N2O/c1-12-5-3-7-14(11-12)9-10-19-17(20)16-13(2)6-4-8-15(16)18/h4,6,8,12,14H,3,5,7,9-11,18H2,1-2H3,(H,19,20). The van der Waals surface area contributed by atoms with Gasteiger partial charge in [-0.3, -0.25) is 4.79 Å². The summed E-state index contributed by atoms with van der Waals surface area (Å²) in [5.41, 5.74) is 8.03. The van der Waals surface area contributed by atoms with Gasteiger partial charge in [-0.2, -0.15) is 0 Å². The number of anilines is 1. The van der Waals surface area contributed by atoms with Crippen molar-refractivity contribution in [1.82, 2.24) is 5.32 Å². The van der Waals surface area contributed by atoms with E-state index in [4.69, 9.17) is 5.73 Å². The van der Waals surface area contributed by atoms with Crippen LogP contribution >= 0.6 is 0 Å². The number of aryl methyl sites for hydroxylation is 1. The molecule has 110 valence electrons. The maximum Gasteiger partial charge on any atom is 0.253 e. The second kappa shape index (κ2) is 6.78. The number of nitrogens with one attached hydrogen (secondary N) is 1. The highest BCUT2D eigenvalue weighted by atomic mass is 16.1. The third-order valence-corrected chi connectivity index (χ3v) is 4.42. The molecule has 3 N–H and O–H groups in total. The Kier molecular flexibility index (Phi) is 5.05. The molecule has 2 unspecified atom stereocenters. The summed E-state index contributed by atoms with van der Waals surface area (Å²) in [6.07, 6.45) is 6.41. The number of amides is 1. The molecule has 2 rings (SSSR count). The van der Waals surface area contributed by atoms with E-state index in [1.165, 1.54) is 25.7 Å². The lowest BCUT2D eigenvalue weighted by Crippen LogP contribution is -2.28. The zero-order valence-electron chi connectivity index (χ0n) is 12.6. The minimum atomic E-state index is -0.0375. The molecule has 1 saturated carbocycles. The molecule has 1 aromatic carbocycles. The van der Waals surface area contributed by atoms with E-state index in [-0.39, 0.29) is 5.91 Å². The summed E-state index contributed by atoms with van der Waals surface area (Å²) in [5, 5.41) is 3.02. The summed E-state index contributed by atoms with van der Waals surface area (Å²) in [5.74, 6) is 1.58. The van der Waals surface area contributed by atoms with Gasteiger partial charge in [0.1, 0.15) is 0 Å². The average molecular weight is 274 g/mol. The fourth-order valence-electron chi connectivity index (χ4n) is 3.30. The smallest absolute Gasteiger partial charge is 0.253 e. The van der Waals surface area contributed by atoms with Gasteiger partial charge >= 0.3 is 0 Å². The molecule has 1 amide bonds. The van der Waals surface area contributed by atoms with E-state index in [1.54, 1.807) is 6.07 Å². The highest BCUT2D eigenvalue weighted by molar-refractivity contribution is 6.00. The lowest BCUT2D eigenvalue weighted by molar-refractivity contribution is 0.0950. The van der Waals surface area contributed by atoms with Gasteiger partial charge in [0.2, 0.25) is 0 Å². The molecule has 0 heterocycles. The maximum atomic E-state index is 12.2.